The first-order valence-corrected chi connectivity index (χ1v) is 22.6. The van der Waals surface area contributed by atoms with Crippen LogP contribution < -0.4 is 0 Å². The van der Waals surface area contributed by atoms with Gasteiger partial charge in [0.15, 0.2) is 6.10 Å². The van der Waals surface area contributed by atoms with Crippen LogP contribution in [0, 0.1) is 0 Å². The maximum absolute atomic E-state index is 12.6. The first-order valence-electron chi connectivity index (χ1n) is 21.1. The number of carbonyl (C=O) groups is 2. The Balaban J connectivity index is 4.59. The Bertz CT molecular complexity index is 1380. The lowest BCUT2D eigenvalue weighted by Gasteiger charge is -2.20. The molecule has 0 aromatic heterocycles. The molecular formula is C46H73O12P. The second kappa shape index (κ2) is 40.0. The third kappa shape index (κ3) is 39.8. The van der Waals surface area contributed by atoms with Crippen LogP contribution >= 0.6 is 7.82 Å². The molecule has 59 heavy (non-hydrogen) atoms. The molecule has 0 spiro atoms. The van der Waals surface area contributed by atoms with Gasteiger partial charge in [-0.1, -0.05) is 142 Å². The van der Waals surface area contributed by atoms with E-state index in [0.29, 0.717) is 32.1 Å². The van der Waals surface area contributed by atoms with Crippen molar-refractivity contribution >= 4 is 19.8 Å². The van der Waals surface area contributed by atoms with E-state index < -0.39 is 70.6 Å². The van der Waals surface area contributed by atoms with E-state index in [1.165, 1.54) is 0 Å². The van der Waals surface area contributed by atoms with E-state index in [9.17, 15) is 34.4 Å². The fraction of sp³-hybridized carbons (Fsp3) is 0.565. The van der Waals surface area contributed by atoms with E-state index >= 15 is 0 Å². The lowest BCUT2D eigenvalue weighted by Crippen LogP contribution is -2.29. The van der Waals surface area contributed by atoms with Crippen molar-refractivity contribution in [3.63, 3.8) is 0 Å². The van der Waals surface area contributed by atoms with E-state index in [4.69, 9.17) is 19.1 Å². The molecule has 0 fully saturated rings. The average Bonchev–Trinajstić information content (AvgIpc) is 3.21. The summed E-state index contributed by atoms with van der Waals surface area (Å²) in [6.07, 6.45) is 42.7. The van der Waals surface area contributed by atoms with Crippen LogP contribution in [0.4, 0.5) is 0 Å². The minimum absolute atomic E-state index is 0.0489. The molecule has 0 bridgehead atoms. The highest BCUT2D eigenvalue weighted by molar-refractivity contribution is 7.47. The molecule has 1 unspecified atom stereocenters. The molecule has 334 valence electrons. The van der Waals surface area contributed by atoms with E-state index in [2.05, 4.69) is 47.9 Å². The Labute approximate surface area is 353 Å². The van der Waals surface area contributed by atoms with Crippen LogP contribution in [0.15, 0.2) is 109 Å². The summed E-state index contributed by atoms with van der Waals surface area (Å²) in [4.78, 5) is 34.9. The number of allylic oxidation sites excluding steroid dienone is 14. The van der Waals surface area contributed by atoms with Gasteiger partial charge in [0.1, 0.15) is 12.7 Å². The predicted molar refractivity (Wildman–Crippen MR) is 235 cm³/mol. The summed E-state index contributed by atoms with van der Waals surface area (Å²) in [5.74, 6) is -1.13. The van der Waals surface area contributed by atoms with Crippen LogP contribution in [0.3, 0.4) is 0 Å². The number of aliphatic hydroxyl groups is 4. The monoisotopic (exact) mass is 848 g/mol. The third-order valence-corrected chi connectivity index (χ3v) is 9.05. The van der Waals surface area contributed by atoms with Crippen molar-refractivity contribution in [1.82, 2.24) is 0 Å². The summed E-state index contributed by atoms with van der Waals surface area (Å²) in [6, 6.07) is 0. The first kappa shape index (κ1) is 55.5. The van der Waals surface area contributed by atoms with Crippen LogP contribution in [0.2, 0.25) is 0 Å². The summed E-state index contributed by atoms with van der Waals surface area (Å²) < 4.78 is 32.5. The van der Waals surface area contributed by atoms with Gasteiger partial charge in [-0.3, -0.25) is 18.6 Å². The lowest BCUT2D eigenvalue weighted by molar-refractivity contribution is -0.161. The van der Waals surface area contributed by atoms with Crippen molar-refractivity contribution in [3.8, 4) is 0 Å². The average molecular weight is 849 g/mol. The summed E-state index contributed by atoms with van der Waals surface area (Å²) in [5, 5.41) is 38.3. The molecule has 0 saturated heterocycles. The molecule has 0 aliphatic rings. The molecule has 0 aromatic rings. The van der Waals surface area contributed by atoms with E-state index in [1.54, 1.807) is 36.5 Å². The molecule has 0 aliphatic carbocycles. The zero-order chi connectivity index (χ0) is 43.7. The van der Waals surface area contributed by atoms with Crippen molar-refractivity contribution in [1.29, 1.82) is 0 Å². The molecule has 13 heteroatoms. The van der Waals surface area contributed by atoms with Crippen molar-refractivity contribution in [3.05, 3.63) is 109 Å². The topological polar surface area (TPSA) is 189 Å². The van der Waals surface area contributed by atoms with E-state index in [-0.39, 0.29) is 12.8 Å². The molecule has 12 nitrogen and oxygen atoms in total. The maximum atomic E-state index is 12.6. The van der Waals surface area contributed by atoms with Gasteiger partial charge in [-0.15, -0.1) is 0 Å². The van der Waals surface area contributed by atoms with E-state index in [0.717, 1.165) is 57.8 Å². The quantitative estimate of drug-likeness (QED) is 0.0131. The van der Waals surface area contributed by atoms with Crippen LogP contribution in [0.1, 0.15) is 117 Å². The number of unbranched alkanes of at least 4 members (excludes halogenated alkanes) is 5. The van der Waals surface area contributed by atoms with Crippen LogP contribution in [-0.2, 0) is 32.7 Å². The fourth-order valence-corrected chi connectivity index (χ4v) is 5.64. The molecule has 0 aliphatic heterocycles. The number of phosphoric acid groups is 1. The number of hydrogen-bond acceptors (Lipinski definition) is 11. The third-order valence-electron chi connectivity index (χ3n) is 8.10. The lowest BCUT2D eigenvalue weighted by atomic mass is 10.1. The minimum Gasteiger partial charge on any atom is -0.462 e. The summed E-state index contributed by atoms with van der Waals surface area (Å²) in [6.45, 7) is 1.82. The van der Waals surface area contributed by atoms with Crippen LogP contribution in [0.25, 0.3) is 0 Å². The molecular weight excluding hydrogens is 775 g/mol. The predicted octanol–water partition coefficient (Wildman–Crippen LogP) is 8.94. The highest BCUT2D eigenvalue weighted by Crippen LogP contribution is 2.43. The highest BCUT2D eigenvalue weighted by atomic mass is 31.2. The SMILES string of the molecule is CC/C=C\C/C=C\C/C=C\CCCCCCCC(=O)O[C@H](COC(=O)CC/C=C\C/C=C\C[C@H](O)/C=C/C=C\C=C\[C@H](O)C/C=C\CC)COP(=O)(O)OC[C@@H](O)CO. The van der Waals surface area contributed by atoms with Gasteiger partial charge >= 0.3 is 19.8 Å². The Morgan fingerprint density at radius 1 is 0.576 bits per heavy atom. The normalized spacial score (nSPS) is 16.0. The molecule has 5 N–H and O–H groups in total. The number of phosphoric ester groups is 1. The van der Waals surface area contributed by atoms with Gasteiger partial charge in [0.25, 0.3) is 0 Å². The van der Waals surface area contributed by atoms with Crippen molar-refractivity contribution in [2.24, 2.45) is 0 Å². The zero-order valence-electron chi connectivity index (χ0n) is 35.4. The van der Waals surface area contributed by atoms with Gasteiger partial charge in [0.05, 0.1) is 32.0 Å². The number of hydrogen-bond donors (Lipinski definition) is 5. The van der Waals surface area contributed by atoms with Crippen LogP contribution in [0.5, 0.6) is 0 Å². The first-order chi connectivity index (χ1) is 28.5. The second-order valence-corrected chi connectivity index (χ2v) is 15.1. The highest BCUT2D eigenvalue weighted by Gasteiger charge is 2.27. The van der Waals surface area contributed by atoms with Gasteiger partial charge in [-0.05, 0) is 70.6 Å². The van der Waals surface area contributed by atoms with Crippen LogP contribution in [-0.4, -0.2) is 88.1 Å². The van der Waals surface area contributed by atoms with Gasteiger partial charge in [-0.2, -0.15) is 0 Å². The van der Waals surface area contributed by atoms with Gasteiger partial charge in [0.2, 0.25) is 0 Å². The number of ether oxygens (including phenoxy) is 2. The molecule has 5 atom stereocenters. The standard InChI is InChI=1S/C46H73O12P/c1-3-5-7-8-9-10-11-12-13-14-15-16-17-22-30-36-46(52)58-44(40-57-59(53,54)56-38-43(50)37-47)39-55-45(51)35-29-21-19-18-20-26-32-42(49)34-28-24-23-27-33-41(48)31-25-6-4-2/h5-7,9-10,12-13,19-21,23-28,33-34,41-44,47-50H,3-4,8,11,14-18,22,29-32,35-40H2,1-2H3,(H,53,54)/b7-5-,10-9-,13-12-,21-19-,24-23-,25-6-,26-20-,33-27+,34-28+/t41-,42+,43+,44-/m1/s1. The summed E-state index contributed by atoms with van der Waals surface area (Å²) >= 11 is 0. The molecule has 0 radical (unpaired) electrons. The van der Waals surface area contributed by atoms with Gasteiger partial charge < -0.3 is 34.8 Å². The van der Waals surface area contributed by atoms with Crippen molar-refractivity contribution < 1.29 is 58.0 Å². The number of rotatable bonds is 37. The smallest absolute Gasteiger partial charge is 0.462 e. The molecule has 0 heterocycles. The summed E-state index contributed by atoms with van der Waals surface area (Å²) in [7, 11) is -4.67. The Kier molecular flexibility index (Phi) is 37.6. The molecule has 0 amide bonds. The van der Waals surface area contributed by atoms with Gasteiger partial charge in [-0.25, -0.2) is 4.57 Å². The molecule has 0 rings (SSSR count). The zero-order valence-corrected chi connectivity index (χ0v) is 36.3. The number of carbonyl (C=O) groups excluding carboxylic acids is 2. The Morgan fingerprint density at radius 2 is 1.08 bits per heavy atom. The molecule has 0 aromatic carbocycles. The summed E-state index contributed by atoms with van der Waals surface area (Å²) in [5.41, 5.74) is 0. The number of aliphatic hydroxyl groups excluding tert-OH is 4. The Hall–Kier alpha value is -3.45. The van der Waals surface area contributed by atoms with Crippen molar-refractivity contribution in [2.75, 3.05) is 26.4 Å². The van der Waals surface area contributed by atoms with E-state index in [1.807, 2.05) is 43.4 Å². The largest absolute Gasteiger partial charge is 0.472 e. The van der Waals surface area contributed by atoms with Gasteiger partial charge in [0, 0.05) is 12.8 Å². The second-order valence-electron chi connectivity index (χ2n) is 13.6. The fourth-order valence-electron chi connectivity index (χ4n) is 4.85. The number of esters is 2. The maximum Gasteiger partial charge on any atom is 0.472 e. The minimum atomic E-state index is -4.67. The Morgan fingerprint density at radius 3 is 1.71 bits per heavy atom. The van der Waals surface area contributed by atoms with Crippen molar-refractivity contribution in [2.45, 2.75) is 141 Å². The molecule has 0 saturated carbocycles.